The van der Waals surface area contributed by atoms with Crippen LogP contribution in [0.1, 0.15) is 37.5 Å². The predicted octanol–water partition coefficient (Wildman–Crippen LogP) is 5.37. The van der Waals surface area contributed by atoms with E-state index in [0.717, 1.165) is 21.3 Å². The zero-order chi connectivity index (χ0) is 15.6. The van der Waals surface area contributed by atoms with Gasteiger partial charge in [-0.1, -0.05) is 45.0 Å². The van der Waals surface area contributed by atoms with Gasteiger partial charge >= 0.3 is 0 Å². The molecule has 0 aliphatic carbocycles. The van der Waals surface area contributed by atoms with Crippen molar-refractivity contribution in [3.63, 3.8) is 0 Å². The molecule has 21 heavy (non-hydrogen) atoms. The average Bonchev–Trinajstić information content (AvgIpc) is 2.40. The summed E-state index contributed by atoms with van der Waals surface area (Å²) in [6.45, 7) is 9.23. The van der Waals surface area contributed by atoms with Gasteiger partial charge in [-0.2, -0.15) is 0 Å². The van der Waals surface area contributed by atoms with E-state index in [0.29, 0.717) is 12.3 Å². The molecular formula is C18H22BrNO. The van der Waals surface area contributed by atoms with Crippen LogP contribution >= 0.6 is 15.9 Å². The third-order valence-electron chi connectivity index (χ3n) is 3.49. The molecule has 2 N–H and O–H groups in total. The van der Waals surface area contributed by atoms with E-state index in [-0.39, 0.29) is 5.41 Å². The van der Waals surface area contributed by atoms with Crippen LogP contribution in [0.15, 0.2) is 40.9 Å². The van der Waals surface area contributed by atoms with Gasteiger partial charge in [0.2, 0.25) is 0 Å². The molecule has 0 radical (unpaired) electrons. The third kappa shape index (κ3) is 3.79. The average molecular weight is 348 g/mol. The van der Waals surface area contributed by atoms with Crippen molar-refractivity contribution < 1.29 is 5.11 Å². The zero-order valence-electron chi connectivity index (χ0n) is 13.0. The van der Waals surface area contributed by atoms with E-state index in [1.165, 1.54) is 5.56 Å². The fraction of sp³-hybridized carbons (Fsp3) is 0.333. The molecule has 2 aromatic carbocycles. The quantitative estimate of drug-likeness (QED) is 0.781. The van der Waals surface area contributed by atoms with Gasteiger partial charge < -0.3 is 10.4 Å². The lowest BCUT2D eigenvalue weighted by Gasteiger charge is -2.23. The van der Waals surface area contributed by atoms with Crippen LogP contribution in [0.25, 0.3) is 0 Å². The van der Waals surface area contributed by atoms with E-state index in [9.17, 15) is 5.11 Å². The number of nitrogens with one attached hydrogen (secondary N) is 1. The summed E-state index contributed by atoms with van der Waals surface area (Å²) in [5.74, 6) is 0.307. The van der Waals surface area contributed by atoms with E-state index in [1.807, 2.05) is 25.1 Å². The summed E-state index contributed by atoms with van der Waals surface area (Å²) in [7, 11) is 0. The summed E-state index contributed by atoms with van der Waals surface area (Å²) in [4.78, 5) is 0. The molecule has 0 aromatic heterocycles. The fourth-order valence-electron chi connectivity index (χ4n) is 2.42. The second-order valence-electron chi connectivity index (χ2n) is 6.40. The SMILES string of the molecule is Cc1cc(Br)c(O)c(CNc2ccccc2C(C)(C)C)c1. The largest absolute Gasteiger partial charge is 0.506 e. The molecule has 2 aromatic rings. The van der Waals surface area contributed by atoms with E-state index >= 15 is 0 Å². The molecule has 0 amide bonds. The number of aromatic hydroxyl groups is 1. The molecular weight excluding hydrogens is 326 g/mol. The van der Waals surface area contributed by atoms with E-state index in [2.05, 4.69) is 60.2 Å². The maximum Gasteiger partial charge on any atom is 0.134 e. The topological polar surface area (TPSA) is 32.3 Å². The molecule has 0 aliphatic rings. The third-order valence-corrected chi connectivity index (χ3v) is 4.10. The van der Waals surface area contributed by atoms with Gasteiger partial charge in [0.1, 0.15) is 5.75 Å². The fourth-order valence-corrected chi connectivity index (χ4v) is 3.04. The van der Waals surface area contributed by atoms with Gasteiger partial charge in [0.15, 0.2) is 0 Å². The molecule has 0 saturated carbocycles. The van der Waals surface area contributed by atoms with Gasteiger partial charge in [-0.25, -0.2) is 0 Å². The molecule has 3 heteroatoms. The highest BCUT2D eigenvalue weighted by molar-refractivity contribution is 9.10. The van der Waals surface area contributed by atoms with Crippen LogP contribution in [0.5, 0.6) is 5.75 Å². The molecule has 0 saturated heterocycles. The van der Waals surface area contributed by atoms with Gasteiger partial charge in [-0.15, -0.1) is 0 Å². The Hall–Kier alpha value is -1.48. The Kier molecular flexibility index (Phi) is 4.62. The number of aryl methyl sites for hydroxylation is 1. The lowest BCUT2D eigenvalue weighted by molar-refractivity contribution is 0.465. The highest BCUT2D eigenvalue weighted by atomic mass is 79.9. The molecule has 0 fully saturated rings. The molecule has 0 heterocycles. The first-order valence-electron chi connectivity index (χ1n) is 7.10. The molecule has 112 valence electrons. The number of halogens is 1. The summed E-state index contributed by atoms with van der Waals surface area (Å²) < 4.78 is 0.739. The normalized spacial score (nSPS) is 11.5. The molecule has 0 spiro atoms. The summed E-state index contributed by atoms with van der Waals surface area (Å²) in [6.07, 6.45) is 0. The summed E-state index contributed by atoms with van der Waals surface area (Å²) >= 11 is 3.39. The van der Waals surface area contributed by atoms with Gasteiger partial charge in [0, 0.05) is 17.8 Å². The Morgan fingerprint density at radius 3 is 2.48 bits per heavy atom. The Bertz CT molecular complexity index is 644. The first kappa shape index (κ1) is 15.9. The second-order valence-corrected chi connectivity index (χ2v) is 7.26. The number of phenols is 1. The van der Waals surface area contributed by atoms with Crippen molar-refractivity contribution in [1.29, 1.82) is 0 Å². The Morgan fingerprint density at radius 1 is 1.14 bits per heavy atom. The Labute approximate surface area is 135 Å². The molecule has 0 bridgehead atoms. The number of para-hydroxylation sites is 1. The number of hydrogen-bond acceptors (Lipinski definition) is 2. The van der Waals surface area contributed by atoms with Crippen molar-refractivity contribution in [2.45, 2.75) is 39.7 Å². The summed E-state index contributed by atoms with van der Waals surface area (Å²) in [5.41, 5.74) is 4.49. The molecule has 2 rings (SSSR count). The van der Waals surface area contributed by atoms with Gasteiger partial charge in [0.25, 0.3) is 0 Å². The van der Waals surface area contributed by atoms with Gasteiger partial charge in [-0.05, 0) is 51.5 Å². The summed E-state index contributed by atoms with van der Waals surface area (Å²) in [6, 6.07) is 12.3. The number of phenolic OH excluding ortho intramolecular Hbond substituents is 1. The van der Waals surface area contributed by atoms with E-state index in [1.54, 1.807) is 0 Å². The minimum atomic E-state index is 0.0822. The van der Waals surface area contributed by atoms with Crippen molar-refractivity contribution in [3.05, 3.63) is 57.6 Å². The lowest BCUT2D eigenvalue weighted by atomic mass is 9.86. The van der Waals surface area contributed by atoms with Crippen molar-refractivity contribution in [2.75, 3.05) is 5.32 Å². The van der Waals surface area contributed by atoms with Crippen LogP contribution < -0.4 is 5.32 Å². The van der Waals surface area contributed by atoms with E-state index in [4.69, 9.17) is 0 Å². The molecule has 0 atom stereocenters. The Morgan fingerprint density at radius 2 is 1.81 bits per heavy atom. The number of anilines is 1. The zero-order valence-corrected chi connectivity index (χ0v) is 14.6. The highest BCUT2D eigenvalue weighted by Gasteiger charge is 2.17. The second kappa shape index (κ2) is 6.10. The minimum absolute atomic E-state index is 0.0822. The molecule has 0 aliphatic heterocycles. The number of rotatable bonds is 3. The lowest BCUT2D eigenvalue weighted by Crippen LogP contribution is -2.14. The van der Waals surface area contributed by atoms with Crippen molar-refractivity contribution in [1.82, 2.24) is 0 Å². The van der Waals surface area contributed by atoms with Crippen LogP contribution in [0.3, 0.4) is 0 Å². The number of hydrogen-bond donors (Lipinski definition) is 2. The van der Waals surface area contributed by atoms with Crippen LogP contribution in [-0.4, -0.2) is 5.11 Å². The molecule has 0 unspecified atom stereocenters. The van der Waals surface area contributed by atoms with Crippen LogP contribution in [0.4, 0.5) is 5.69 Å². The standard InChI is InChI=1S/C18H22BrNO/c1-12-9-13(17(21)15(19)10-12)11-20-16-8-6-5-7-14(16)18(2,3)4/h5-10,20-21H,11H2,1-4H3. The Balaban J connectivity index is 2.26. The van der Waals surface area contributed by atoms with Gasteiger partial charge in [0.05, 0.1) is 4.47 Å². The maximum absolute atomic E-state index is 10.1. The number of benzene rings is 2. The van der Waals surface area contributed by atoms with Crippen molar-refractivity contribution >= 4 is 21.6 Å². The smallest absolute Gasteiger partial charge is 0.134 e. The maximum atomic E-state index is 10.1. The van der Waals surface area contributed by atoms with Crippen LogP contribution in [0, 0.1) is 6.92 Å². The predicted molar refractivity (Wildman–Crippen MR) is 93.0 cm³/mol. The van der Waals surface area contributed by atoms with Crippen molar-refractivity contribution in [3.8, 4) is 5.75 Å². The monoisotopic (exact) mass is 347 g/mol. The first-order chi connectivity index (χ1) is 9.79. The first-order valence-corrected chi connectivity index (χ1v) is 7.89. The van der Waals surface area contributed by atoms with E-state index < -0.39 is 0 Å². The highest BCUT2D eigenvalue weighted by Crippen LogP contribution is 2.32. The van der Waals surface area contributed by atoms with Crippen LogP contribution in [0.2, 0.25) is 0 Å². The van der Waals surface area contributed by atoms with Gasteiger partial charge in [-0.3, -0.25) is 0 Å². The van der Waals surface area contributed by atoms with Crippen LogP contribution in [-0.2, 0) is 12.0 Å². The van der Waals surface area contributed by atoms with Crippen molar-refractivity contribution in [2.24, 2.45) is 0 Å². The summed E-state index contributed by atoms with van der Waals surface area (Å²) in [5, 5.41) is 13.6. The minimum Gasteiger partial charge on any atom is -0.506 e. The molecule has 2 nitrogen and oxygen atoms in total.